The van der Waals surface area contributed by atoms with Gasteiger partial charge in [0.15, 0.2) is 5.78 Å². The van der Waals surface area contributed by atoms with Crippen LogP contribution in [-0.2, 0) is 6.42 Å². The zero-order valence-electron chi connectivity index (χ0n) is 12.9. The molecule has 1 aliphatic rings. The fraction of sp³-hybridized carbons (Fsp3) is 0.688. The lowest BCUT2D eigenvalue weighted by molar-refractivity contribution is 0.0862. The van der Waals surface area contributed by atoms with Crippen LogP contribution < -0.4 is 0 Å². The monoisotopic (exact) mass is 294 g/mol. The van der Waals surface area contributed by atoms with Crippen LogP contribution >= 0.6 is 11.3 Å². The maximum absolute atomic E-state index is 12.3. The van der Waals surface area contributed by atoms with Gasteiger partial charge in [0.05, 0.1) is 11.4 Å². The van der Waals surface area contributed by atoms with Crippen molar-refractivity contribution in [2.24, 2.45) is 0 Å². The van der Waals surface area contributed by atoms with E-state index in [4.69, 9.17) is 0 Å². The number of thiophene rings is 1. The van der Waals surface area contributed by atoms with Crippen molar-refractivity contribution in [3.05, 3.63) is 21.9 Å². The minimum Gasteiger partial charge on any atom is -0.303 e. The summed E-state index contributed by atoms with van der Waals surface area (Å²) in [6.07, 6.45) is 3.38. The molecule has 1 fully saturated rings. The van der Waals surface area contributed by atoms with Crippen molar-refractivity contribution >= 4 is 17.1 Å². The first-order valence-electron chi connectivity index (χ1n) is 7.68. The molecule has 0 bridgehead atoms. The molecule has 2 rings (SSSR count). The average molecular weight is 294 g/mol. The van der Waals surface area contributed by atoms with Crippen molar-refractivity contribution in [1.82, 2.24) is 9.80 Å². The molecule has 1 aromatic heterocycles. The Bertz CT molecular complexity index is 435. The number of hydrogen-bond donors (Lipinski definition) is 0. The van der Waals surface area contributed by atoms with Gasteiger partial charge in [-0.15, -0.1) is 11.3 Å². The Hall–Kier alpha value is -0.710. The van der Waals surface area contributed by atoms with Crippen molar-refractivity contribution in [1.29, 1.82) is 0 Å². The third-order valence-electron chi connectivity index (χ3n) is 4.31. The van der Waals surface area contributed by atoms with Crippen LogP contribution in [0.5, 0.6) is 0 Å². The SMILES string of the molecule is CCc1ccc(C(=O)CN(C)C2CCN(CC)CC2)s1. The predicted octanol–water partition coefficient (Wildman–Crippen LogP) is 2.91. The second kappa shape index (κ2) is 7.34. The first kappa shape index (κ1) is 15.7. The molecule has 3 nitrogen and oxygen atoms in total. The number of rotatable bonds is 6. The molecule has 0 N–H and O–H groups in total. The van der Waals surface area contributed by atoms with Crippen LogP contribution in [0.15, 0.2) is 12.1 Å². The van der Waals surface area contributed by atoms with Gasteiger partial charge in [0.2, 0.25) is 0 Å². The number of likely N-dealkylation sites (tertiary alicyclic amines) is 1. The Morgan fingerprint density at radius 3 is 2.60 bits per heavy atom. The van der Waals surface area contributed by atoms with Gasteiger partial charge in [-0.3, -0.25) is 9.69 Å². The molecule has 0 saturated carbocycles. The largest absolute Gasteiger partial charge is 0.303 e. The van der Waals surface area contributed by atoms with Gasteiger partial charge in [0.25, 0.3) is 0 Å². The van der Waals surface area contributed by atoms with Gasteiger partial charge in [-0.1, -0.05) is 13.8 Å². The Balaban J connectivity index is 1.85. The Morgan fingerprint density at radius 2 is 2.05 bits per heavy atom. The summed E-state index contributed by atoms with van der Waals surface area (Å²) in [5.41, 5.74) is 0. The zero-order valence-corrected chi connectivity index (χ0v) is 13.7. The molecule has 0 unspecified atom stereocenters. The summed E-state index contributed by atoms with van der Waals surface area (Å²) < 4.78 is 0. The Labute approximate surface area is 126 Å². The van der Waals surface area contributed by atoms with E-state index >= 15 is 0 Å². The number of nitrogens with zero attached hydrogens (tertiary/aromatic N) is 2. The number of aryl methyl sites for hydroxylation is 1. The molecular formula is C16H26N2OS. The molecule has 20 heavy (non-hydrogen) atoms. The Morgan fingerprint density at radius 1 is 1.35 bits per heavy atom. The smallest absolute Gasteiger partial charge is 0.186 e. The van der Waals surface area contributed by atoms with Crippen molar-refractivity contribution in [2.75, 3.05) is 33.2 Å². The van der Waals surface area contributed by atoms with E-state index in [1.807, 2.05) is 6.07 Å². The van der Waals surface area contributed by atoms with E-state index in [0.29, 0.717) is 12.6 Å². The van der Waals surface area contributed by atoms with E-state index in [1.165, 1.54) is 30.8 Å². The maximum atomic E-state index is 12.3. The third kappa shape index (κ3) is 3.90. The summed E-state index contributed by atoms with van der Waals surface area (Å²) in [5.74, 6) is 0.273. The van der Waals surface area contributed by atoms with Gasteiger partial charge < -0.3 is 4.90 Å². The van der Waals surface area contributed by atoms with Crippen LogP contribution in [0.2, 0.25) is 0 Å². The van der Waals surface area contributed by atoms with Crippen molar-refractivity contribution < 1.29 is 4.79 Å². The minimum atomic E-state index is 0.273. The first-order valence-corrected chi connectivity index (χ1v) is 8.50. The summed E-state index contributed by atoms with van der Waals surface area (Å²) in [7, 11) is 2.10. The van der Waals surface area contributed by atoms with Crippen LogP contribution in [0.25, 0.3) is 0 Å². The molecule has 2 heterocycles. The number of likely N-dealkylation sites (N-methyl/N-ethyl adjacent to an activating group) is 1. The second-order valence-corrected chi connectivity index (χ2v) is 6.79. The molecule has 1 aliphatic heterocycles. The lowest BCUT2D eigenvalue weighted by Crippen LogP contribution is -2.44. The zero-order chi connectivity index (χ0) is 14.5. The highest BCUT2D eigenvalue weighted by molar-refractivity contribution is 7.14. The molecule has 0 spiro atoms. The van der Waals surface area contributed by atoms with Crippen molar-refractivity contribution in [2.45, 2.75) is 39.2 Å². The van der Waals surface area contributed by atoms with Crippen molar-refractivity contribution in [3.63, 3.8) is 0 Å². The van der Waals surface area contributed by atoms with Crippen LogP contribution in [0.3, 0.4) is 0 Å². The van der Waals surface area contributed by atoms with E-state index in [-0.39, 0.29) is 5.78 Å². The average Bonchev–Trinajstić information content (AvgIpc) is 2.96. The number of carbonyl (C=O) groups is 1. The maximum Gasteiger partial charge on any atom is 0.186 e. The highest BCUT2D eigenvalue weighted by Crippen LogP contribution is 2.19. The molecule has 0 atom stereocenters. The number of piperidine rings is 1. The van der Waals surface area contributed by atoms with E-state index in [0.717, 1.165) is 17.8 Å². The third-order valence-corrected chi connectivity index (χ3v) is 5.58. The Kier molecular flexibility index (Phi) is 5.75. The fourth-order valence-electron chi connectivity index (χ4n) is 2.83. The topological polar surface area (TPSA) is 23.6 Å². The number of Topliss-reactive ketones (excluding diaryl/α,β-unsaturated/α-hetero) is 1. The summed E-state index contributed by atoms with van der Waals surface area (Å²) in [6, 6.07) is 4.63. The van der Waals surface area contributed by atoms with E-state index in [1.54, 1.807) is 11.3 Å². The number of hydrogen-bond acceptors (Lipinski definition) is 4. The summed E-state index contributed by atoms with van der Waals surface area (Å²) in [5, 5.41) is 0. The predicted molar refractivity (Wildman–Crippen MR) is 85.8 cm³/mol. The fourth-order valence-corrected chi connectivity index (χ4v) is 3.71. The lowest BCUT2D eigenvalue weighted by Gasteiger charge is -2.35. The minimum absolute atomic E-state index is 0.273. The number of ketones is 1. The summed E-state index contributed by atoms with van der Waals surface area (Å²) >= 11 is 1.65. The molecule has 0 aromatic carbocycles. The van der Waals surface area contributed by atoms with Crippen molar-refractivity contribution in [3.8, 4) is 0 Å². The van der Waals surface area contributed by atoms with Crippen LogP contribution in [0.4, 0.5) is 0 Å². The normalized spacial score (nSPS) is 17.8. The molecule has 4 heteroatoms. The van der Waals surface area contributed by atoms with E-state index in [2.05, 4.69) is 36.8 Å². The molecule has 1 aromatic rings. The molecule has 1 saturated heterocycles. The van der Waals surface area contributed by atoms with E-state index in [9.17, 15) is 4.79 Å². The molecular weight excluding hydrogens is 268 g/mol. The number of carbonyl (C=O) groups excluding carboxylic acids is 1. The lowest BCUT2D eigenvalue weighted by atomic mass is 10.0. The molecule has 0 aliphatic carbocycles. The van der Waals surface area contributed by atoms with E-state index < -0.39 is 0 Å². The molecule has 0 radical (unpaired) electrons. The molecule has 0 amide bonds. The van der Waals surface area contributed by atoms with Gasteiger partial charge >= 0.3 is 0 Å². The van der Waals surface area contributed by atoms with Crippen LogP contribution in [0, 0.1) is 0 Å². The molecule has 112 valence electrons. The van der Waals surface area contributed by atoms with Crippen LogP contribution in [0.1, 0.15) is 41.2 Å². The van der Waals surface area contributed by atoms with Gasteiger partial charge in [0.1, 0.15) is 0 Å². The van der Waals surface area contributed by atoms with Crippen LogP contribution in [-0.4, -0.2) is 54.9 Å². The standard InChI is InChI=1S/C16H26N2OS/c1-4-14-6-7-16(20-14)15(19)12-17(3)13-8-10-18(5-2)11-9-13/h6-7,13H,4-5,8-12H2,1-3H3. The summed E-state index contributed by atoms with van der Waals surface area (Å²) in [4.78, 5) is 19.3. The quantitative estimate of drug-likeness (QED) is 0.754. The van der Waals surface area contributed by atoms with Gasteiger partial charge in [0, 0.05) is 10.9 Å². The second-order valence-electron chi connectivity index (χ2n) is 5.62. The highest BCUT2D eigenvalue weighted by atomic mass is 32.1. The summed E-state index contributed by atoms with van der Waals surface area (Å²) in [6.45, 7) is 8.38. The van der Waals surface area contributed by atoms with Gasteiger partial charge in [-0.05, 0) is 58.1 Å². The first-order chi connectivity index (χ1) is 9.63. The van der Waals surface area contributed by atoms with Gasteiger partial charge in [-0.2, -0.15) is 0 Å². The van der Waals surface area contributed by atoms with Gasteiger partial charge in [-0.25, -0.2) is 0 Å². The highest BCUT2D eigenvalue weighted by Gasteiger charge is 2.23.